The van der Waals surface area contributed by atoms with Crippen molar-refractivity contribution in [2.45, 2.75) is 59.5 Å². The van der Waals surface area contributed by atoms with Crippen molar-refractivity contribution in [2.75, 3.05) is 19.6 Å². The van der Waals surface area contributed by atoms with Crippen molar-refractivity contribution >= 4 is 17.6 Å². The van der Waals surface area contributed by atoms with Crippen LogP contribution in [0.25, 0.3) is 16.7 Å². The zero-order chi connectivity index (χ0) is 25.6. The SMILES string of the molecule is CC(=O)NCCC=C(c1ccc(F)c(-c2cccc(C)c2)c1)[C@@H]1CCCN(C(=O)OC(C)(C)C)C1. The highest BCUT2D eigenvalue weighted by Gasteiger charge is 2.30. The first kappa shape index (κ1) is 26.5. The number of piperidine rings is 1. The Bertz CT molecular complexity index is 1090. The molecule has 1 aliphatic heterocycles. The summed E-state index contributed by atoms with van der Waals surface area (Å²) in [5.41, 5.74) is 3.90. The molecular formula is C29H37FN2O3. The van der Waals surface area contributed by atoms with Gasteiger partial charge in [0, 0.05) is 38.0 Å². The number of ether oxygens (including phenoxy) is 1. The topological polar surface area (TPSA) is 58.6 Å². The number of hydrogen-bond donors (Lipinski definition) is 1. The number of likely N-dealkylation sites (tertiary alicyclic amines) is 1. The number of carbonyl (C=O) groups is 2. The molecule has 0 saturated carbocycles. The minimum Gasteiger partial charge on any atom is -0.444 e. The maximum Gasteiger partial charge on any atom is 0.410 e. The van der Waals surface area contributed by atoms with E-state index >= 15 is 0 Å². The van der Waals surface area contributed by atoms with Crippen molar-refractivity contribution < 1.29 is 18.7 Å². The molecule has 0 aromatic heterocycles. The number of nitrogens with one attached hydrogen (secondary N) is 1. The number of halogens is 1. The molecule has 1 saturated heterocycles. The fourth-order valence-corrected chi connectivity index (χ4v) is 4.46. The lowest BCUT2D eigenvalue weighted by Gasteiger charge is -2.35. The van der Waals surface area contributed by atoms with Crippen LogP contribution in [-0.2, 0) is 9.53 Å². The monoisotopic (exact) mass is 480 g/mol. The zero-order valence-electron chi connectivity index (χ0n) is 21.5. The third kappa shape index (κ3) is 7.67. The van der Waals surface area contributed by atoms with Gasteiger partial charge in [0.15, 0.2) is 0 Å². The fourth-order valence-electron chi connectivity index (χ4n) is 4.46. The first-order chi connectivity index (χ1) is 16.5. The highest BCUT2D eigenvalue weighted by Crippen LogP contribution is 2.35. The van der Waals surface area contributed by atoms with Crippen LogP contribution in [0, 0.1) is 18.7 Å². The van der Waals surface area contributed by atoms with E-state index in [1.54, 1.807) is 4.90 Å². The summed E-state index contributed by atoms with van der Waals surface area (Å²) in [6, 6.07) is 13.1. The summed E-state index contributed by atoms with van der Waals surface area (Å²) >= 11 is 0. The summed E-state index contributed by atoms with van der Waals surface area (Å²) < 4.78 is 20.5. The van der Waals surface area contributed by atoms with Crippen molar-refractivity contribution in [1.29, 1.82) is 0 Å². The molecule has 1 atom stereocenters. The molecule has 2 amide bonds. The first-order valence-electron chi connectivity index (χ1n) is 12.3. The molecule has 0 radical (unpaired) electrons. The normalized spacial score (nSPS) is 16.7. The second-order valence-corrected chi connectivity index (χ2v) is 10.3. The Balaban J connectivity index is 1.93. The molecule has 6 heteroatoms. The van der Waals surface area contributed by atoms with E-state index in [1.165, 1.54) is 13.0 Å². The van der Waals surface area contributed by atoms with E-state index < -0.39 is 5.60 Å². The smallest absolute Gasteiger partial charge is 0.410 e. The van der Waals surface area contributed by atoms with Crippen LogP contribution in [0.3, 0.4) is 0 Å². The average Bonchev–Trinajstić information content (AvgIpc) is 2.78. The van der Waals surface area contributed by atoms with E-state index in [-0.39, 0.29) is 23.7 Å². The molecule has 1 aliphatic rings. The van der Waals surface area contributed by atoms with Gasteiger partial charge < -0.3 is 15.0 Å². The molecule has 35 heavy (non-hydrogen) atoms. The Morgan fingerprint density at radius 2 is 1.97 bits per heavy atom. The van der Waals surface area contributed by atoms with Crippen molar-refractivity contribution in [2.24, 2.45) is 5.92 Å². The lowest BCUT2D eigenvalue weighted by Crippen LogP contribution is -2.43. The van der Waals surface area contributed by atoms with E-state index in [2.05, 4.69) is 11.4 Å². The molecule has 2 aromatic carbocycles. The zero-order valence-corrected chi connectivity index (χ0v) is 21.5. The van der Waals surface area contributed by atoms with Gasteiger partial charge in [0.25, 0.3) is 0 Å². The predicted octanol–water partition coefficient (Wildman–Crippen LogP) is 6.36. The minimum absolute atomic E-state index is 0.0720. The van der Waals surface area contributed by atoms with Crippen LogP contribution in [0.15, 0.2) is 48.5 Å². The first-order valence-corrected chi connectivity index (χ1v) is 12.3. The number of amides is 2. The minimum atomic E-state index is -0.555. The molecule has 1 fully saturated rings. The second kappa shape index (κ2) is 11.5. The van der Waals surface area contributed by atoms with Gasteiger partial charge in [-0.15, -0.1) is 0 Å². The van der Waals surface area contributed by atoms with Gasteiger partial charge >= 0.3 is 6.09 Å². The van der Waals surface area contributed by atoms with Crippen LogP contribution < -0.4 is 5.32 Å². The predicted molar refractivity (Wildman–Crippen MR) is 138 cm³/mol. The second-order valence-electron chi connectivity index (χ2n) is 10.3. The number of hydrogen-bond acceptors (Lipinski definition) is 3. The van der Waals surface area contributed by atoms with Gasteiger partial charge in [-0.25, -0.2) is 9.18 Å². The maximum absolute atomic E-state index is 14.9. The Labute approximate surface area is 208 Å². The molecule has 1 N–H and O–H groups in total. The maximum atomic E-state index is 14.9. The molecule has 0 aliphatic carbocycles. The Kier molecular flexibility index (Phi) is 8.71. The quantitative estimate of drug-likeness (QED) is 0.490. The molecular weight excluding hydrogens is 443 g/mol. The van der Waals surface area contributed by atoms with Gasteiger partial charge in [0.05, 0.1) is 0 Å². The Hall–Kier alpha value is -3.15. The number of nitrogens with zero attached hydrogens (tertiary/aromatic N) is 1. The summed E-state index contributed by atoms with van der Waals surface area (Å²) in [5, 5.41) is 2.83. The Morgan fingerprint density at radius 1 is 1.20 bits per heavy atom. The van der Waals surface area contributed by atoms with Crippen molar-refractivity contribution in [3.63, 3.8) is 0 Å². The third-order valence-corrected chi connectivity index (χ3v) is 6.02. The van der Waals surface area contributed by atoms with Gasteiger partial charge in [-0.3, -0.25) is 4.79 Å². The third-order valence-electron chi connectivity index (χ3n) is 6.02. The summed E-state index contributed by atoms with van der Waals surface area (Å²) in [6.07, 6.45) is 4.24. The van der Waals surface area contributed by atoms with Crippen LogP contribution in [0.1, 0.15) is 58.1 Å². The van der Waals surface area contributed by atoms with E-state index in [0.29, 0.717) is 31.6 Å². The van der Waals surface area contributed by atoms with Crippen molar-refractivity contribution in [1.82, 2.24) is 10.2 Å². The van der Waals surface area contributed by atoms with Gasteiger partial charge in [-0.05, 0) is 75.8 Å². The molecule has 3 rings (SSSR count). The van der Waals surface area contributed by atoms with E-state index in [1.807, 2.05) is 64.1 Å². The summed E-state index contributed by atoms with van der Waals surface area (Å²) in [6.45, 7) is 10.8. The van der Waals surface area contributed by atoms with Crippen LogP contribution >= 0.6 is 0 Å². The highest BCUT2D eigenvalue weighted by molar-refractivity contribution is 5.76. The number of benzene rings is 2. The van der Waals surface area contributed by atoms with E-state index in [9.17, 15) is 14.0 Å². The number of rotatable bonds is 6. The van der Waals surface area contributed by atoms with Crippen LogP contribution in [0.5, 0.6) is 0 Å². The lowest BCUT2D eigenvalue weighted by atomic mass is 9.84. The molecule has 5 nitrogen and oxygen atoms in total. The standard InChI is InChI=1S/C29H37FN2O3/c1-20-9-6-10-22(17-20)26-18-23(13-14-27(26)30)25(12-7-15-31-21(2)33)24-11-8-16-32(19-24)28(34)35-29(3,4)5/h6,9-10,12-14,17-18,24H,7-8,11,15-16,19H2,1-5H3,(H,31,33)/t24-/m1/s1. The summed E-state index contributed by atoms with van der Waals surface area (Å²) in [5.74, 6) is -0.252. The van der Waals surface area contributed by atoms with Gasteiger partial charge in [0.1, 0.15) is 11.4 Å². The molecule has 0 spiro atoms. The van der Waals surface area contributed by atoms with Gasteiger partial charge in [0.2, 0.25) is 5.91 Å². The molecule has 0 bridgehead atoms. The average molecular weight is 481 g/mol. The van der Waals surface area contributed by atoms with Crippen LogP contribution in [-0.4, -0.2) is 42.1 Å². The van der Waals surface area contributed by atoms with E-state index in [4.69, 9.17) is 4.74 Å². The Morgan fingerprint density at radius 3 is 2.66 bits per heavy atom. The van der Waals surface area contributed by atoms with Gasteiger partial charge in [-0.1, -0.05) is 42.0 Å². The van der Waals surface area contributed by atoms with E-state index in [0.717, 1.165) is 35.1 Å². The van der Waals surface area contributed by atoms with Crippen molar-refractivity contribution in [3.05, 3.63) is 65.5 Å². The number of carbonyl (C=O) groups excluding carboxylic acids is 2. The van der Waals surface area contributed by atoms with Crippen LogP contribution in [0.2, 0.25) is 0 Å². The molecule has 2 aromatic rings. The summed E-state index contributed by atoms with van der Waals surface area (Å²) in [4.78, 5) is 25.9. The van der Waals surface area contributed by atoms with Crippen molar-refractivity contribution in [3.8, 4) is 11.1 Å². The fraction of sp³-hybridized carbons (Fsp3) is 0.448. The largest absolute Gasteiger partial charge is 0.444 e. The molecule has 1 heterocycles. The molecule has 0 unspecified atom stereocenters. The molecule has 188 valence electrons. The summed E-state index contributed by atoms with van der Waals surface area (Å²) in [7, 11) is 0. The van der Waals surface area contributed by atoms with Gasteiger partial charge in [-0.2, -0.15) is 0 Å². The highest BCUT2D eigenvalue weighted by atomic mass is 19.1. The number of aryl methyl sites for hydroxylation is 1. The lowest BCUT2D eigenvalue weighted by molar-refractivity contribution is -0.118. The van der Waals surface area contributed by atoms with Crippen LogP contribution in [0.4, 0.5) is 9.18 Å².